The van der Waals surface area contributed by atoms with Crippen molar-refractivity contribution < 1.29 is 9.90 Å². The molecule has 1 aliphatic rings. The summed E-state index contributed by atoms with van der Waals surface area (Å²) in [5, 5.41) is 11.6. The number of aliphatic carboxylic acids is 1. The number of hydrogen-bond acceptors (Lipinski definition) is 2. The molecule has 3 heteroatoms. The van der Waals surface area contributed by atoms with Gasteiger partial charge in [-0.1, -0.05) is 6.08 Å². The second kappa shape index (κ2) is 4.13. The first kappa shape index (κ1) is 8.27. The van der Waals surface area contributed by atoms with Crippen LogP contribution in [0.3, 0.4) is 0 Å². The zero-order valence-electron chi connectivity index (χ0n) is 6.42. The molecule has 0 saturated carbocycles. The first-order chi connectivity index (χ1) is 5.29. The van der Waals surface area contributed by atoms with Crippen LogP contribution in [0.15, 0.2) is 12.2 Å². The molecule has 1 fully saturated rings. The van der Waals surface area contributed by atoms with Gasteiger partial charge < -0.3 is 10.4 Å². The van der Waals surface area contributed by atoms with E-state index in [0.29, 0.717) is 5.92 Å². The number of piperidine rings is 1. The SMILES string of the molecule is O=C(O)/C=C/[C@@H]1CCCNC1. The van der Waals surface area contributed by atoms with Gasteiger partial charge in [0.2, 0.25) is 0 Å². The third-order valence-electron chi connectivity index (χ3n) is 1.85. The summed E-state index contributed by atoms with van der Waals surface area (Å²) in [6.07, 6.45) is 5.26. The van der Waals surface area contributed by atoms with Crippen molar-refractivity contribution >= 4 is 5.97 Å². The maximum atomic E-state index is 10.1. The third-order valence-corrected chi connectivity index (χ3v) is 1.85. The van der Waals surface area contributed by atoms with Gasteiger partial charge in [-0.25, -0.2) is 4.79 Å². The Balaban J connectivity index is 2.29. The summed E-state index contributed by atoms with van der Waals surface area (Å²) in [4.78, 5) is 10.1. The topological polar surface area (TPSA) is 49.3 Å². The molecule has 0 aliphatic carbocycles. The highest BCUT2D eigenvalue weighted by atomic mass is 16.4. The first-order valence-corrected chi connectivity index (χ1v) is 3.91. The van der Waals surface area contributed by atoms with E-state index in [1.54, 1.807) is 6.08 Å². The van der Waals surface area contributed by atoms with Crippen molar-refractivity contribution in [2.75, 3.05) is 13.1 Å². The molecule has 0 unspecified atom stereocenters. The van der Waals surface area contributed by atoms with E-state index >= 15 is 0 Å². The molecule has 0 aromatic rings. The largest absolute Gasteiger partial charge is 0.478 e. The molecule has 0 radical (unpaired) electrons. The number of nitrogens with one attached hydrogen (secondary N) is 1. The van der Waals surface area contributed by atoms with Crippen LogP contribution in [0.4, 0.5) is 0 Å². The smallest absolute Gasteiger partial charge is 0.327 e. The van der Waals surface area contributed by atoms with Crippen LogP contribution in [-0.4, -0.2) is 24.2 Å². The Kier molecular flexibility index (Phi) is 3.11. The van der Waals surface area contributed by atoms with E-state index in [1.807, 2.05) is 0 Å². The summed E-state index contributed by atoms with van der Waals surface area (Å²) >= 11 is 0. The highest BCUT2D eigenvalue weighted by Crippen LogP contribution is 2.10. The predicted molar refractivity (Wildman–Crippen MR) is 42.4 cm³/mol. The van der Waals surface area contributed by atoms with E-state index in [4.69, 9.17) is 5.11 Å². The summed E-state index contributed by atoms with van der Waals surface area (Å²) in [5.74, 6) is -0.435. The molecular weight excluding hydrogens is 142 g/mol. The van der Waals surface area contributed by atoms with Gasteiger partial charge in [-0.3, -0.25) is 0 Å². The van der Waals surface area contributed by atoms with Gasteiger partial charge in [-0.05, 0) is 25.3 Å². The average Bonchev–Trinajstić information content (AvgIpc) is 2.03. The van der Waals surface area contributed by atoms with Gasteiger partial charge in [0.05, 0.1) is 0 Å². The van der Waals surface area contributed by atoms with E-state index in [9.17, 15) is 4.79 Å². The lowest BCUT2D eigenvalue weighted by molar-refractivity contribution is -0.131. The Morgan fingerprint density at radius 2 is 2.45 bits per heavy atom. The van der Waals surface area contributed by atoms with Gasteiger partial charge in [-0.15, -0.1) is 0 Å². The molecule has 62 valence electrons. The van der Waals surface area contributed by atoms with Crippen molar-refractivity contribution in [3.63, 3.8) is 0 Å². The molecule has 0 spiro atoms. The zero-order valence-corrected chi connectivity index (χ0v) is 6.42. The van der Waals surface area contributed by atoms with Gasteiger partial charge in [-0.2, -0.15) is 0 Å². The highest BCUT2D eigenvalue weighted by Gasteiger charge is 2.08. The molecule has 1 aliphatic heterocycles. The van der Waals surface area contributed by atoms with Gasteiger partial charge in [0, 0.05) is 12.6 Å². The van der Waals surface area contributed by atoms with Crippen molar-refractivity contribution in [2.24, 2.45) is 5.92 Å². The molecule has 2 N–H and O–H groups in total. The minimum atomic E-state index is -0.851. The normalized spacial score (nSPS) is 25.6. The lowest BCUT2D eigenvalue weighted by Gasteiger charge is -2.18. The van der Waals surface area contributed by atoms with Crippen LogP contribution in [-0.2, 0) is 4.79 Å². The van der Waals surface area contributed by atoms with Gasteiger partial charge in [0.25, 0.3) is 0 Å². The summed E-state index contributed by atoms with van der Waals surface area (Å²) < 4.78 is 0. The molecule has 11 heavy (non-hydrogen) atoms. The first-order valence-electron chi connectivity index (χ1n) is 3.91. The molecule has 1 atom stereocenters. The Bertz CT molecular complexity index is 159. The minimum absolute atomic E-state index is 0.417. The van der Waals surface area contributed by atoms with Gasteiger partial charge in [0.1, 0.15) is 0 Å². The highest BCUT2D eigenvalue weighted by molar-refractivity contribution is 5.79. The van der Waals surface area contributed by atoms with Crippen LogP contribution in [0.2, 0.25) is 0 Å². The number of carbonyl (C=O) groups is 1. The standard InChI is InChI=1S/C8H13NO2/c10-8(11)4-3-7-2-1-5-9-6-7/h3-4,7,9H,1-2,5-6H2,(H,10,11)/b4-3+/t7-/m0/s1. The maximum Gasteiger partial charge on any atom is 0.327 e. The summed E-state index contributed by atoms with van der Waals surface area (Å²) in [7, 11) is 0. The lowest BCUT2D eigenvalue weighted by atomic mass is 9.99. The zero-order chi connectivity index (χ0) is 8.10. The van der Waals surface area contributed by atoms with Crippen LogP contribution in [0, 0.1) is 5.92 Å². The van der Waals surface area contributed by atoms with E-state index in [1.165, 1.54) is 6.08 Å². The van der Waals surface area contributed by atoms with Crippen LogP contribution in [0.5, 0.6) is 0 Å². The Labute approximate surface area is 66.1 Å². The van der Waals surface area contributed by atoms with E-state index in [-0.39, 0.29) is 0 Å². The van der Waals surface area contributed by atoms with Crippen LogP contribution in [0.1, 0.15) is 12.8 Å². The van der Waals surface area contributed by atoms with Crippen molar-refractivity contribution in [1.82, 2.24) is 5.32 Å². The van der Waals surface area contributed by atoms with Gasteiger partial charge in [0.15, 0.2) is 0 Å². The quantitative estimate of drug-likeness (QED) is 0.575. The number of carboxylic acids is 1. The van der Waals surface area contributed by atoms with Crippen LogP contribution >= 0.6 is 0 Å². The summed E-state index contributed by atoms with van der Waals surface area (Å²) in [5.41, 5.74) is 0. The van der Waals surface area contributed by atoms with Crippen LogP contribution in [0.25, 0.3) is 0 Å². The maximum absolute atomic E-state index is 10.1. The Morgan fingerprint density at radius 1 is 1.64 bits per heavy atom. The second-order valence-corrected chi connectivity index (χ2v) is 2.80. The molecule has 0 bridgehead atoms. The van der Waals surface area contributed by atoms with E-state index < -0.39 is 5.97 Å². The van der Waals surface area contributed by atoms with Crippen molar-refractivity contribution in [2.45, 2.75) is 12.8 Å². The fourth-order valence-corrected chi connectivity index (χ4v) is 1.26. The van der Waals surface area contributed by atoms with Crippen LogP contribution < -0.4 is 5.32 Å². The van der Waals surface area contributed by atoms with E-state index in [2.05, 4.69) is 5.32 Å². The summed E-state index contributed by atoms with van der Waals surface area (Å²) in [6.45, 7) is 1.99. The van der Waals surface area contributed by atoms with Crippen molar-refractivity contribution in [3.8, 4) is 0 Å². The van der Waals surface area contributed by atoms with Crippen molar-refractivity contribution in [1.29, 1.82) is 0 Å². The number of hydrogen-bond donors (Lipinski definition) is 2. The average molecular weight is 155 g/mol. The molecule has 1 heterocycles. The molecule has 1 rings (SSSR count). The molecule has 1 saturated heterocycles. The molecule has 3 nitrogen and oxygen atoms in total. The number of rotatable bonds is 2. The van der Waals surface area contributed by atoms with Crippen molar-refractivity contribution in [3.05, 3.63) is 12.2 Å². The summed E-state index contributed by atoms with van der Waals surface area (Å²) in [6, 6.07) is 0. The monoisotopic (exact) mass is 155 g/mol. The second-order valence-electron chi connectivity index (χ2n) is 2.80. The van der Waals surface area contributed by atoms with Gasteiger partial charge >= 0.3 is 5.97 Å². The molecule has 0 amide bonds. The third kappa shape index (κ3) is 3.18. The lowest BCUT2D eigenvalue weighted by Crippen LogP contribution is -2.28. The Morgan fingerprint density at radius 3 is 3.00 bits per heavy atom. The Hall–Kier alpha value is -0.830. The number of carboxylic acid groups (broad SMARTS) is 1. The predicted octanol–water partition coefficient (Wildman–Crippen LogP) is 0.627. The van der Waals surface area contributed by atoms with E-state index in [0.717, 1.165) is 25.9 Å². The molecule has 0 aromatic heterocycles. The molecular formula is C8H13NO2. The minimum Gasteiger partial charge on any atom is -0.478 e. The molecule has 0 aromatic carbocycles. The fourth-order valence-electron chi connectivity index (χ4n) is 1.26. The fraction of sp³-hybridized carbons (Fsp3) is 0.625.